The van der Waals surface area contributed by atoms with Crippen LogP contribution in [0.1, 0.15) is 0 Å². The van der Waals surface area contributed by atoms with Crippen LogP contribution in [-0.4, -0.2) is 0 Å². The Balaban J connectivity index is 1.17. The third-order valence-corrected chi connectivity index (χ3v) is 11.4. The maximum Gasteiger partial charge on any atom is 0.0468 e. The number of hydrogen-bond acceptors (Lipinski definition) is 2. The van der Waals surface area contributed by atoms with Gasteiger partial charge in [0.2, 0.25) is 0 Å². The molecule has 0 atom stereocenters. The first kappa shape index (κ1) is 30.4. The highest BCUT2D eigenvalue weighted by Crippen LogP contribution is 2.48. The van der Waals surface area contributed by atoms with Crippen LogP contribution in [0.25, 0.3) is 75.1 Å². The standard InChI is InChI=1S/C50H33NS/c1-3-14-36(15-4-1)43-20-11-12-22-45(43)46-32-39-17-9-10-21-44(39)50-49(46)47-33-42(29-30-48(47)52-50)51(40-18-5-2-6-19-40)41-27-25-35(26-28-41)38-24-23-34-13-7-8-16-37(34)31-38/h1-33H. The molecule has 0 saturated heterocycles. The number of rotatable bonds is 6. The lowest BCUT2D eigenvalue weighted by atomic mass is 9.90. The topological polar surface area (TPSA) is 3.24 Å². The van der Waals surface area contributed by atoms with Gasteiger partial charge in [-0.1, -0.05) is 146 Å². The van der Waals surface area contributed by atoms with Crippen LogP contribution in [0.4, 0.5) is 17.1 Å². The predicted octanol–water partition coefficient (Wildman–Crippen LogP) is 14.8. The third kappa shape index (κ3) is 5.24. The Labute approximate surface area is 307 Å². The average molecular weight is 680 g/mol. The molecule has 1 aromatic heterocycles. The van der Waals surface area contributed by atoms with Crippen LogP contribution >= 0.6 is 11.3 Å². The van der Waals surface area contributed by atoms with E-state index in [4.69, 9.17) is 0 Å². The van der Waals surface area contributed by atoms with E-state index in [9.17, 15) is 0 Å². The van der Waals surface area contributed by atoms with Gasteiger partial charge in [0.15, 0.2) is 0 Å². The zero-order chi connectivity index (χ0) is 34.4. The van der Waals surface area contributed by atoms with Crippen molar-refractivity contribution in [3.63, 3.8) is 0 Å². The molecule has 10 rings (SSSR count). The van der Waals surface area contributed by atoms with Crippen molar-refractivity contribution in [3.05, 3.63) is 200 Å². The van der Waals surface area contributed by atoms with Gasteiger partial charge in [-0.2, -0.15) is 0 Å². The first-order chi connectivity index (χ1) is 25.8. The zero-order valence-electron chi connectivity index (χ0n) is 28.4. The van der Waals surface area contributed by atoms with E-state index in [0.29, 0.717) is 0 Å². The minimum atomic E-state index is 1.12. The molecule has 0 aliphatic rings. The quantitative estimate of drug-likeness (QED) is 0.169. The molecule has 2 heteroatoms. The number of nitrogens with zero attached hydrogens (tertiary/aromatic N) is 1. The molecule has 0 saturated carbocycles. The van der Waals surface area contributed by atoms with Gasteiger partial charge in [0.1, 0.15) is 0 Å². The summed E-state index contributed by atoms with van der Waals surface area (Å²) in [6.45, 7) is 0. The summed E-state index contributed by atoms with van der Waals surface area (Å²) >= 11 is 1.90. The molecule has 0 N–H and O–H groups in total. The van der Waals surface area contributed by atoms with Crippen LogP contribution in [0.2, 0.25) is 0 Å². The molecule has 0 unspecified atom stereocenters. The number of para-hydroxylation sites is 1. The summed E-state index contributed by atoms with van der Waals surface area (Å²) in [7, 11) is 0. The van der Waals surface area contributed by atoms with Crippen LogP contribution in [0.15, 0.2) is 200 Å². The maximum absolute atomic E-state index is 2.40. The lowest BCUT2D eigenvalue weighted by Crippen LogP contribution is -2.09. The molecule has 0 spiro atoms. The normalized spacial score (nSPS) is 11.5. The van der Waals surface area contributed by atoms with Crippen LogP contribution < -0.4 is 4.90 Å². The molecule has 10 aromatic rings. The fourth-order valence-electron chi connectivity index (χ4n) is 7.74. The van der Waals surface area contributed by atoms with E-state index in [2.05, 4.69) is 205 Å². The predicted molar refractivity (Wildman–Crippen MR) is 225 cm³/mol. The third-order valence-electron chi connectivity index (χ3n) is 10.2. The first-order valence-electron chi connectivity index (χ1n) is 17.8. The van der Waals surface area contributed by atoms with Crippen LogP contribution in [-0.2, 0) is 0 Å². The molecule has 0 radical (unpaired) electrons. The van der Waals surface area contributed by atoms with Crippen molar-refractivity contribution in [2.24, 2.45) is 0 Å². The number of benzene rings is 9. The molecular formula is C50H33NS. The Bertz CT molecular complexity index is 2890. The Hall–Kier alpha value is -6.48. The summed E-state index contributed by atoms with van der Waals surface area (Å²) < 4.78 is 2.61. The van der Waals surface area contributed by atoms with Gasteiger partial charge < -0.3 is 4.90 Å². The molecule has 52 heavy (non-hydrogen) atoms. The molecule has 9 aromatic carbocycles. The summed E-state index contributed by atoms with van der Waals surface area (Å²) in [6, 6.07) is 72.8. The van der Waals surface area contributed by atoms with Crippen molar-refractivity contribution in [1.29, 1.82) is 0 Å². The number of fused-ring (bicyclic) bond motifs is 6. The van der Waals surface area contributed by atoms with Crippen molar-refractivity contribution in [3.8, 4) is 33.4 Å². The zero-order valence-corrected chi connectivity index (χ0v) is 29.2. The molecule has 1 nitrogen and oxygen atoms in total. The summed E-state index contributed by atoms with van der Waals surface area (Å²) in [5.41, 5.74) is 10.8. The molecule has 1 heterocycles. The number of thiophene rings is 1. The van der Waals surface area contributed by atoms with Gasteiger partial charge in [0, 0.05) is 37.2 Å². The van der Waals surface area contributed by atoms with Gasteiger partial charge in [-0.05, 0) is 110 Å². The number of hydrogen-bond donors (Lipinski definition) is 0. The van der Waals surface area contributed by atoms with E-state index >= 15 is 0 Å². The Morgan fingerprint density at radius 3 is 1.75 bits per heavy atom. The summed E-state index contributed by atoms with van der Waals surface area (Å²) in [6.07, 6.45) is 0. The summed E-state index contributed by atoms with van der Waals surface area (Å²) in [4.78, 5) is 2.38. The SMILES string of the molecule is c1ccc(-c2ccccc2-c2cc3ccccc3c3sc4ccc(N(c5ccccc5)c5ccc(-c6ccc7ccccc7c6)cc5)cc4c23)cc1. The van der Waals surface area contributed by atoms with Gasteiger partial charge >= 0.3 is 0 Å². The van der Waals surface area contributed by atoms with Gasteiger partial charge in [0.25, 0.3) is 0 Å². The van der Waals surface area contributed by atoms with Gasteiger partial charge in [0.05, 0.1) is 0 Å². The highest BCUT2D eigenvalue weighted by Gasteiger charge is 2.20. The second-order valence-corrected chi connectivity index (χ2v) is 14.4. The van der Waals surface area contributed by atoms with Crippen molar-refractivity contribution in [2.45, 2.75) is 0 Å². The van der Waals surface area contributed by atoms with Crippen LogP contribution in [0.3, 0.4) is 0 Å². The van der Waals surface area contributed by atoms with Gasteiger partial charge in [-0.25, -0.2) is 0 Å². The molecular weight excluding hydrogens is 647 g/mol. The van der Waals surface area contributed by atoms with E-state index in [-0.39, 0.29) is 0 Å². The first-order valence-corrected chi connectivity index (χ1v) is 18.6. The maximum atomic E-state index is 2.40. The van der Waals surface area contributed by atoms with Crippen LogP contribution in [0.5, 0.6) is 0 Å². The molecule has 0 amide bonds. The van der Waals surface area contributed by atoms with E-state index in [1.165, 1.54) is 75.1 Å². The average Bonchev–Trinajstić information content (AvgIpc) is 3.61. The molecule has 0 fully saturated rings. The highest BCUT2D eigenvalue weighted by molar-refractivity contribution is 7.26. The van der Waals surface area contributed by atoms with E-state index in [0.717, 1.165) is 17.1 Å². The lowest BCUT2D eigenvalue weighted by molar-refractivity contribution is 1.29. The van der Waals surface area contributed by atoms with Gasteiger partial charge in [-0.3, -0.25) is 0 Å². The fourth-order valence-corrected chi connectivity index (χ4v) is 8.98. The summed E-state index contributed by atoms with van der Waals surface area (Å²) in [5.74, 6) is 0. The minimum absolute atomic E-state index is 1.12. The van der Waals surface area contributed by atoms with Gasteiger partial charge in [-0.15, -0.1) is 11.3 Å². The van der Waals surface area contributed by atoms with Crippen molar-refractivity contribution >= 4 is 70.1 Å². The second-order valence-electron chi connectivity index (χ2n) is 13.3. The van der Waals surface area contributed by atoms with E-state index in [1.807, 2.05) is 11.3 Å². The number of anilines is 3. The van der Waals surface area contributed by atoms with Crippen molar-refractivity contribution in [1.82, 2.24) is 0 Å². The van der Waals surface area contributed by atoms with E-state index in [1.54, 1.807) is 0 Å². The minimum Gasteiger partial charge on any atom is -0.310 e. The molecule has 0 bridgehead atoms. The summed E-state index contributed by atoms with van der Waals surface area (Å²) in [5, 5.41) is 7.65. The molecule has 0 aliphatic carbocycles. The van der Waals surface area contributed by atoms with Crippen molar-refractivity contribution in [2.75, 3.05) is 4.90 Å². The second kappa shape index (κ2) is 12.7. The monoisotopic (exact) mass is 679 g/mol. The van der Waals surface area contributed by atoms with Crippen LogP contribution in [0, 0.1) is 0 Å². The Morgan fingerprint density at radius 1 is 0.327 bits per heavy atom. The fraction of sp³-hybridized carbons (Fsp3) is 0. The highest BCUT2D eigenvalue weighted by atomic mass is 32.1. The molecule has 0 aliphatic heterocycles. The smallest absolute Gasteiger partial charge is 0.0468 e. The lowest BCUT2D eigenvalue weighted by Gasteiger charge is -2.26. The largest absolute Gasteiger partial charge is 0.310 e. The Morgan fingerprint density at radius 2 is 0.942 bits per heavy atom. The van der Waals surface area contributed by atoms with Crippen molar-refractivity contribution < 1.29 is 0 Å². The van der Waals surface area contributed by atoms with E-state index < -0.39 is 0 Å². The Kier molecular flexibility index (Phi) is 7.41. The molecule has 244 valence electrons.